The minimum absolute atomic E-state index is 0.261. The van der Waals surface area contributed by atoms with Gasteiger partial charge >= 0.3 is 5.97 Å². The molecule has 1 heterocycles. The van der Waals surface area contributed by atoms with Crippen LogP contribution in [0, 0.1) is 5.82 Å². The van der Waals surface area contributed by atoms with Crippen LogP contribution in [0.15, 0.2) is 24.3 Å². The minimum atomic E-state index is -0.362. The molecule has 0 aliphatic carbocycles. The molecule has 0 radical (unpaired) electrons. The fourth-order valence-electron chi connectivity index (χ4n) is 1.21. The highest BCUT2D eigenvalue weighted by Crippen LogP contribution is 2.31. The lowest BCUT2D eigenvalue weighted by molar-refractivity contribution is -0.170. The molecule has 0 amide bonds. The van der Waals surface area contributed by atoms with Gasteiger partial charge in [0, 0.05) is 5.56 Å². The Kier molecular flexibility index (Phi) is 1.57. The summed E-state index contributed by atoms with van der Waals surface area (Å²) in [5, 5.41) is 0. The van der Waals surface area contributed by atoms with Gasteiger partial charge in [0.1, 0.15) is 11.9 Å². The molecule has 0 unspecified atom stereocenters. The first-order valence-corrected chi connectivity index (χ1v) is 3.71. The Morgan fingerprint density at radius 3 is 2.67 bits per heavy atom. The maximum Gasteiger partial charge on any atom is 0.310 e. The number of hydrogen-bond acceptors (Lipinski definition) is 2. The molecular weight excluding hydrogens is 159 g/mol. The van der Waals surface area contributed by atoms with Crippen molar-refractivity contribution in [1.29, 1.82) is 0 Å². The zero-order chi connectivity index (χ0) is 8.55. The van der Waals surface area contributed by atoms with E-state index in [9.17, 15) is 9.18 Å². The molecule has 1 atom stereocenters. The molecule has 0 N–H and O–H groups in total. The van der Waals surface area contributed by atoms with Crippen LogP contribution in [0.3, 0.4) is 0 Å². The summed E-state index contributed by atoms with van der Waals surface area (Å²) < 4.78 is 17.7. The van der Waals surface area contributed by atoms with Crippen LogP contribution in [0.25, 0.3) is 0 Å². The summed E-state index contributed by atoms with van der Waals surface area (Å²) in [6, 6.07) is 6.33. The molecule has 1 saturated heterocycles. The Morgan fingerprint density at radius 1 is 1.42 bits per heavy atom. The molecule has 3 heteroatoms. The van der Waals surface area contributed by atoms with E-state index in [0.29, 0.717) is 12.0 Å². The van der Waals surface area contributed by atoms with Crippen molar-refractivity contribution >= 4 is 5.97 Å². The number of ether oxygens (including phenoxy) is 1. The second-order valence-corrected chi connectivity index (χ2v) is 2.70. The van der Waals surface area contributed by atoms with Gasteiger partial charge in [-0.3, -0.25) is 4.79 Å². The van der Waals surface area contributed by atoms with Crippen LogP contribution in [-0.2, 0) is 9.53 Å². The van der Waals surface area contributed by atoms with E-state index in [-0.39, 0.29) is 17.9 Å². The number of halogens is 1. The van der Waals surface area contributed by atoms with Gasteiger partial charge in [0.2, 0.25) is 0 Å². The van der Waals surface area contributed by atoms with Gasteiger partial charge in [-0.05, 0) is 6.07 Å². The molecule has 0 spiro atoms. The smallest absolute Gasteiger partial charge is 0.310 e. The highest BCUT2D eigenvalue weighted by molar-refractivity contribution is 5.75. The van der Waals surface area contributed by atoms with Crippen LogP contribution in [-0.4, -0.2) is 5.97 Å². The SMILES string of the molecule is O=C1C[C@@H](c2ccccc2F)O1. The summed E-state index contributed by atoms with van der Waals surface area (Å²) in [6.45, 7) is 0. The monoisotopic (exact) mass is 166 g/mol. The predicted octanol–water partition coefficient (Wildman–Crippen LogP) is 1.81. The van der Waals surface area contributed by atoms with E-state index >= 15 is 0 Å². The second kappa shape index (κ2) is 2.59. The fourth-order valence-corrected chi connectivity index (χ4v) is 1.21. The largest absolute Gasteiger partial charge is 0.457 e. The quantitative estimate of drug-likeness (QED) is 0.595. The van der Waals surface area contributed by atoms with Gasteiger partial charge in [0.05, 0.1) is 6.42 Å². The highest BCUT2D eigenvalue weighted by atomic mass is 19.1. The Bertz CT molecular complexity index is 314. The van der Waals surface area contributed by atoms with E-state index in [2.05, 4.69) is 0 Å². The average Bonchev–Trinajstić information content (AvgIpc) is 2.01. The van der Waals surface area contributed by atoms with Crippen LogP contribution in [0.5, 0.6) is 0 Å². The molecule has 62 valence electrons. The Balaban J connectivity index is 2.23. The summed E-state index contributed by atoms with van der Waals surface area (Å²) in [5.74, 6) is -0.571. The minimum Gasteiger partial charge on any atom is -0.457 e. The number of benzene rings is 1. The highest BCUT2D eigenvalue weighted by Gasteiger charge is 2.31. The molecule has 0 aromatic heterocycles. The summed E-state index contributed by atoms with van der Waals surface area (Å²) in [6.07, 6.45) is -0.0697. The lowest BCUT2D eigenvalue weighted by atomic mass is 10.0. The van der Waals surface area contributed by atoms with Gasteiger partial charge in [-0.15, -0.1) is 0 Å². The lowest BCUT2D eigenvalue weighted by Gasteiger charge is -2.25. The van der Waals surface area contributed by atoms with Crippen molar-refractivity contribution in [3.8, 4) is 0 Å². The molecule has 0 bridgehead atoms. The van der Waals surface area contributed by atoms with Gasteiger partial charge in [0.25, 0.3) is 0 Å². The molecule has 1 aromatic carbocycles. The van der Waals surface area contributed by atoms with Crippen LogP contribution < -0.4 is 0 Å². The van der Waals surface area contributed by atoms with E-state index in [1.54, 1.807) is 18.2 Å². The first-order chi connectivity index (χ1) is 5.77. The third-order valence-corrected chi connectivity index (χ3v) is 1.88. The van der Waals surface area contributed by atoms with Crippen molar-refractivity contribution in [3.63, 3.8) is 0 Å². The Morgan fingerprint density at radius 2 is 2.08 bits per heavy atom. The third kappa shape index (κ3) is 1.07. The van der Waals surface area contributed by atoms with Crippen LogP contribution in [0.4, 0.5) is 4.39 Å². The number of carbonyl (C=O) groups excluding carboxylic acids is 1. The maximum absolute atomic E-state index is 13.0. The van der Waals surface area contributed by atoms with Crippen molar-refractivity contribution in [1.82, 2.24) is 0 Å². The predicted molar refractivity (Wildman–Crippen MR) is 39.9 cm³/mol. The van der Waals surface area contributed by atoms with E-state index in [1.807, 2.05) is 0 Å². The van der Waals surface area contributed by atoms with E-state index in [1.165, 1.54) is 6.07 Å². The topological polar surface area (TPSA) is 26.3 Å². The summed E-state index contributed by atoms with van der Waals surface area (Å²) >= 11 is 0. The number of cyclic esters (lactones) is 1. The van der Waals surface area contributed by atoms with Gasteiger partial charge in [-0.1, -0.05) is 18.2 Å². The molecule has 2 rings (SSSR count). The zero-order valence-electron chi connectivity index (χ0n) is 6.29. The zero-order valence-corrected chi connectivity index (χ0v) is 6.29. The Labute approximate surface area is 69.0 Å². The third-order valence-electron chi connectivity index (χ3n) is 1.88. The van der Waals surface area contributed by atoms with Crippen LogP contribution in [0.2, 0.25) is 0 Å². The van der Waals surface area contributed by atoms with Crippen molar-refractivity contribution < 1.29 is 13.9 Å². The molecule has 0 saturated carbocycles. The van der Waals surface area contributed by atoms with E-state index in [0.717, 1.165) is 0 Å². The standard InChI is InChI=1S/C9H7FO2/c10-7-4-2-1-3-6(7)8-5-9(11)12-8/h1-4,8H,5H2/t8-/m0/s1. The maximum atomic E-state index is 13.0. The van der Waals surface area contributed by atoms with Gasteiger partial charge < -0.3 is 4.74 Å². The summed E-state index contributed by atoms with van der Waals surface area (Å²) in [4.78, 5) is 10.4. The Hall–Kier alpha value is -1.38. The molecule has 12 heavy (non-hydrogen) atoms. The molecule has 1 fully saturated rings. The number of rotatable bonds is 1. The molecule has 1 aliphatic heterocycles. The first-order valence-electron chi connectivity index (χ1n) is 3.71. The first kappa shape index (κ1) is 7.28. The van der Waals surface area contributed by atoms with Crippen molar-refractivity contribution in [2.75, 3.05) is 0 Å². The van der Waals surface area contributed by atoms with E-state index in [4.69, 9.17) is 4.74 Å². The summed E-state index contributed by atoms with van der Waals surface area (Å²) in [7, 11) is 0. The van der Waals surface area contributed by atoms with Crippen LogP contribution in [0.1, 0.15) is 18.1 Å². The molecular formula is C9H7FO2. The molecule has 2 nitrogen and oxygen atoms in total. The second-order valence-electron chi connectivity index (χ2n) is 2.70. The molecule has 1 aromatic rings. The number of esters is 1. The van der Waals surface area contributed by atoms with Crippen molar-refractivity contribution in [2.24, 2.45) is 0 Å². The number of carbonyl (C=O) groups is 1. The van der Waals surface area contributed by atoms with Gasteiger partial charge in [-0.2, -0.15) is 0 Å². The van der Waals surface area contributed by atoms with E-state index < -0.39 is 0 Å². The van der Waals surface area contributed by atoms with Gasteiger partial charge in [0.15, 0.2) is 0 Å². The van der Waals surface area contributed by atoms with Gasteiger partial charge in [-0.25, -0.2) is 4.39 Å². The van der Waals surface area contributed by atoms with Crippen molar-refractivity contribution in [3.05, 3.63) is 35.6 Å². The van der Waals surface area contributed by atoms with Crippen molar-refractivity contribution in [2.45, 2.75) is 12.5 Å². The summed E-state index contributed by atoms with van der Waals surface area (Å²) in [5.41, 5.74) is 0.470. The average molecular weight is 166 g/mol. The lowest BCUT2D eigenvalue weighted by Crippen LogP contribution is -2.25. The molecule has 1 aliphatic rings. The van der Waals surface area contributed by atoms with Crippen LogP contribution >= 0.6 is 0 Å². The normalized spacial score (nSPS) is 21.4. The number of hydrogen-bond donors (Lipinski definition) is 0. The fraction of sp³-hybridized carbons (Fsp3) is 0.222.